The number of ether oxygens (including phenoxy) is 1. The fourth-order valence-corrected chi connectivity index (χ4v) is 1.91. The Kier molecular flexibility index (Phi) is 3.12. The van der Waals surface area contributed by atoms with Crippen molar-refractivity contribution in [3.8, 4) is 0 Å². The molecule has 1 aliphatic heterocycles. The first-order chi connectivity index (χ1) is 5.69. The van der Waals surface area contributed by atoms with Gasteiger partial charge in [0, 0.05) is 0 Å². The molecule has 0 N–H and O–H groups in total. The third-order valence-electron chi connectivity index (χ3n) is 2.78. The lowest BCUT2D eigenvalue weighted by Crippen LogP contribution is -2.36. The van der Waals surface area contributed by atoms with Crippen molar-refractivity contribution in [2.24, 2.45) is 11.8 Å². The molecule has 1 rings (SSSR count). The summed E-state index contributed by atoms with van der Waals surface area (Å²) < 4.78 is 5.31. The zero-order chi connectivity index (χ0) is 9.14. The van der Waals surface area contributed by atoms with Gasteiger partial charge in [-0.1, -0.05) is 20.8 Å². The third kappa shape index (κ3) is 1.79. The number of rotatable bonds is 2. The Bertz CT molecular complexity index is 165. The van der Waals surface area contributed by atoms with Crippen LogP contribution in [0.25, 0.3) is 0 Å². The lowest BCUT2D eigenvalue weighted by molar-refractivity contribution is -0.165. The Hall–Kier alpha value is -0.530. The lowest BCUT2D eigenvalue weighted by atomic mass is 9.85. The monoisotopic (exact) mass is 170 g/mol. The van der Waals surface area contributed by atoms with Crippen LogP contribution in [0.1, 0.15) is 40.0 Å². The van der Waals surface area contributed by atoms with Crippen LogP contribution < -0.4 is 0 Å². The van der Waals surface area contributed by atoms with E-state index in [-0.39, 0.29) is 18.0 Å². The number of esters is 1. The van der Waals surface area contributed by atoms with Crippen molar-refractivity contribution in [1.82, 2.24) is 0 Å². The fourth-order valence-electron chi connectivity index (χ4n) is 1.91. The van der Waals surface area contributed by atoms with Crippen LogP contribution in [0.3, 0.4) is 0 Å². The summed E-state index contributed by atoms with van der Waals surface area (Å²) in [5, 5.41) is 0. The first kappa shape index (κ1) is 9.56. The van der Waals surface area contributed by atoms with E-state index in [1.54, 1.807) is 0 Å². The molecule has 0 radical (unpaired) electrons. The molecule has 70 valence electrons. The largest absolute Gasteiger partial charge is 0.462 e. The van der Waals surface area contributed by atoms with Crippen LogP contribution in [0, 0.1) is 11.8 Å². The van der Waals surface area contributed by atoms with E-state index >= 15 is 0 Å². The van der Waals surface area contributed by atoms with Crippen molar-refractivity contribution in [3.05, 3.63) is 0 Å². The summed E-state index contributed by atoms with van der Waals surface area (Å²) in [5.41, 5.74) is 0. The van der Waals surface area contributed by atoms with Gasteiger partial charge in [-0.05, 0) is 25.2 Å². The molecule has 1 aliphatic rings. The van der Waals surface area contributed by atoms with Gasteiger partial charge in [0.05, 0.1) is 5.92 Å². The molecule has 1 heterocycles. The van der Waals surface area contributed by atoms with E-state index in [4.69, 9.17) is 4.74 Å². The van der Waals surface area contributed by atoms with Crippen molar-refractivity contribution in [1.29, 1.82) is 0 Å². The minimum atomic E-state index is -0.00782. The minimum absolute atomic E-state index is 0.00782. The van der Waals surface area contributed by atoms with E-state index in [2.05, 4.69) is 13.8 Å². The quantitative estimate of drug-likeness (QED) is 0.595. The summed E-state index contributed by atoms with van der Waals surface area (Å²) in [7, 11) is 0. The second-order valence-corrected chi connectivity index (χ2v) is 3.69. The van der Waals surface area contributed by atoms with Gasteiger partial charge in [0.25, 0.3) is 0 Å². The molecule has 3 atom stereocenters. The van der Waals surface area contributed by atoms with Crippen molar-refractivity contribution in [3.63, 3.8) is 0 Å². The van der Waals surface area contributed by atoms with Crippen molar-refractivity contribution >= 4 is 5.97 Å². The Balaban J connectivity index is 2.58. The van der Waals surface area contributed by atoms with E-state index in [9.17, 15) is 4.79 Å². The topological polar surface area (TPSA) is 26.3 Å². The maximum atomic E-state index is 11.2. The molecule has 0 amide bonds. The second kappa shape index (κ2) is 3.92. The average Bonchev–Trinajstić information content (AvgIpc) is 2.09. The van der Waals surface area contributed by atoms with Gasteiger partial charge in [-0.3, -0.25) is 4.79 Å². The SMILES string of the molecule is CCC1CC(C)C(=O)O[C@H]1CC. The van der Waals surface area contributed by atoms with E-state index in [0.29, 0.717) is 5.92 Å². The standard InChI is InChI=1S/C10H18O2/c1-4-8-6-7(3)10(11)12-9(8)5-2/h7-9H,4-6H2,1-3H3/t7?,8?,9-/m0/s1. The molecule has 0 aromatic heterocycles. The van der Waals surface area contributed by atoms with E-state index < -0.39 is 0 Å². The van der Waals surface area contributed by atoms with Crippen LogP contribution in [0.15, 0.2) is 0 Å². The van der Waals surface area contributed by atoms with Crippen LogP contribution >= 0.6 is 0 Å². The van der Waals surface area contributed by atoms with Crippen molar-refractivity contribution in [2.75, 3.05) is 0 Å². The zero-order valence-corrected chi connectivity index (χ0v) is 8.17. The van der Waals surface area contributed by atoms with Crippen LogP contribution in [0.5, 0.6) is 0 Å². The number of hydrogen-bond donors (Lipinski definition) is 0. The van der Waals surface area contributed by atoms with Gasteiger partial charge in [-0.15, -0.1) is 0 Å². The molecule has 0 spiro atoms. The van der Waals surface area contributed by atoms with Gasteiger partial charge in [0.2, 0.25) is 0 Å². The normalized spacial score (nSPS) is 36.2. The van der Waals surface area contributed by atoms with Crippen LogP contribution in [0.2, 0.25) is 0 Å². The fraction of sp³-hybridized carbons (Fsp3) is 0.900. The molecule has 2 unspecified atom stereocenters. The van der Waals surface area contributed by atoms with Crippen LogP contribution in [-0.2, 0) is 9.53 Å². The molecule has 2 nitrogen and oxygen atoms in total. The highest BCUT2D eigenvalue weighted by Crippen LogP contribution is 2.29. The van der Waals surface area contributed by atoms with E-state index in [1.165, 1.54) is 0 Å². The molecule has 0 bridgehead atoms. The highest BCUT2D eigenvalue weighted by molar-refractivity contribution is 5.72. The first-order valence-corrected chi connectivity index (χ1v) is 4.89. The summed E-state index contributed by atoms with van der Waals surface area (Å²) >= 11 is 0. The van der Waals surface area contributed by atoms with Crippen molar-refractivity contribution in [2.45, 2.75) is 46.1 Å². The highest BCUT2D eigenvalue weighted by atomic mass is 16.5. The van der Waals surface area contributed by atoms with Gasteiger partial charge >= 0.3 is 5.97 Å². The van der Waals surface area contributed by atoms with Gasteiger partial charge in [0.1, 0.15) is 6.10 Å². The third-order valence-corrected chi connectivity index (χ3v) is 2.78. The first-order valence-electron chi connectivity index (χ1n) is 4.89. The van der Waals surface area contributed by atoms with Gasteiger partial charge in [0.15, 0.2) is 0 Å². The molecular weight excluding hydrogens is 152 g/mol. The maximum absolute atomic E-state index is 11.2. The van der Waals surface area contributed by atoms with Crippen LogP contribution in [0.4, 0.5) is 0 Å². The van der Waals surface area contributed by atoms with Gasteiger partial charge in [-0.2, -0.15) is 0 Å². The molecule has 0 saturated carbocycles. The Morgan fingerprint density at radius 1 is 1.42 bits per heavy atom. The Morgan fingerprint density at radius 3 is 2.58 bits per heavy atom. The molecule has 1 fully saturated rings. The number of carbonyl (C=O) groups excluding carboxylic acids is 1. The average molecular weight is 170 g/mol. The Morgan fingerprint density at radius 2 is 2.08 bits per heavy atom. The summed E-state index contributed by atoms with van der Waals surface area (Å²) in [4.78, 5) is 11.2. The molecule has 2 heteroatoms. The maximum Gasteiger partial charge on any atom is 0.308 e. The summed E-state index contributed by atoms with van der Waals surface area (Å²) in [6.45, 7) is 6.20. The molecular formula is C10H18O2. The van der Waals surface area contributed by atoms with E-state index in [1.807, 2.05) is 6.92 Å². The van der Waals surface area contributed by atoms with Crippen molar-refractivity contribution < 1.29 is 9.53 Å². The molecule has 0 aromatic carbocycles. The molecule has 0 aliphatic carbocycles. The van der Waals surface area contributed by atoms with Crippen LogP contribution in [-0.4, -0.2) is 12.1 Å². The predicted molar refractivity (Wildman–Crippen MR) is 47.7 cm³/mol. The van der Waals surface area contributed by atoms with Gasteiger partial charge < -0.3 is 4.74 Å². The second-order valence-electron chi connectivity index (χ2n) is 3.69. The Labute approximate surface area is 74.3 Å². The summed E-state index contributed by atoms with van der Waals surface area (Å²) in [6.07, 6.45) is 3.26. The van der Waals surface area contributed by atoms with E-state index in [0.717, 1.165) is 19.3 Å². The molecule has 12 heavy (non-hydrogen) atoms. The summed E-state index contributed by atoms with van der Waals surface area (Å²) in [6, 6.07) is 0. The highest BCUT2D eigenvalue weighted by Gasteiger charge is 2.32. The minimum Gasteiger partial charge on any atom is -0.462 e. The molecule has 1 saturated heterocycles. The number of hydrogen-bond acceptors (Lipinski definition) is 2. The zero-order valence-electron chi connectivity index (χ0n) is 8.17. The molecule has 0 aromatic rings. The van der Waals surface area contributed by atoms with Gasteiger partial charge in [-0.25, -0.2) is 0 Å². The smallest absolute Gasteiger partial charge is 0.308 e. The number of cyclic esters (lactones) is 1. The predicted octanol–water partition coefficient (Wildman–Crippen LogP) is 2.37. The number of carbonyl (C=O) groups is 1. The lowest BCUT2D eigenvalue weighted by Gasteiger charge is -2.32. The summed E-state index contributed by atoms with van der Waals surface area (Å²) in [5.74, 6) is 0.687.